The van der Waals surface area contributed by atoms with Crippen LogP contribution in [0, 0.1) is 12.8 Å². The molecular formula is C17H17N5O2. The van der Waals surface area contributed by atoms with Gasteiger partial charge in [0.25, 0.3) is 0 Å². The van der Waals surface area contributed by atoms with Crippen molar-refractivity contribution in [2.24, 2.45) is 5.92 Å². The molecule has 1 amide bonds. The molecule has 0 atom stereocenters. The van der Waals surface area contributed by atoms with Crippen LogP contribution in [0.3, 0.4) is 0 Å². The number of carbonyl (C=O) groups excluding carboxylic acids is 1. The number of hydrogen-bond donors (Lipinski definition) is 1. The molecule has 2 fully saturated rings. The van der Waals surface area contributed by atoms with Gasteiger partial charge in [-0.1, -0.05) is 0 Å². The average molecular weight is 323 g/mol. The highest BCUT2D eigenvalue weighted by Gasteiger charge is 2.31. The van der Waals surface area contributed by atoms with E-state index < -0.39 is 0 Å². The van der Waals surface area contributed by atoms with Crippen LogP contribution in [0.4, 0.5) is 5.82 Å². The van der Waals surface area contributed by atoms with Crippen molar-refractivity contribution in [2.75, 3.05) is 5.32 Å². The minimum Gasteiger partial charge on any atom is -0.458 e. The van der Waals surface area contributed by atoms with Crippen molar-refractivity contribution < 1.29 is 9.21 Å². The van der Waals surface area contributed by atoms with E-state index in [0.29, 0.717) is 29.0 Å². The lowest BCUT2D eigenvalue weighted by atomic mass is 10.3. The first-order chi connectivity index (χ1) is 11.7. The quantitative estimate of drug-likeness (QED) is 0.798. The van der Waals surface area contributed by atoms with E-state index >= 15 is 0 Å². The highest BCUT2D eigenvalue weighted by atomic mass is 16.3. The van der Waals surface area contributed by atoms with Gasteiger partial charge in [0, 0.05) is 17.9 Å². The summed E-state index contributed by atoms with van der Waals surface area (Å²) < 4.78 is 7.43. The second-order valence-corrected chi connectivity index (χ2v) is 6.65. The summed E-state index contributed by atoms with van der Waals surface area (Å²) in [6.07, 6.45) is 4.17. The van der Waals surface area contributed by atoms with Crippen molar-refractivity contribution >= 4 is 17.4 Å². The van der Waals surface area contributed by atoms with E-state index in [-0.39, 0.29) is 11.8 Å². The Morgan fingerprint density at radius 2 is 2.08 bits per heavy atom. The Balaban J connectivity index is 1.63. The van der Waals surface area contributed by atoms with Crippen LogP contribution in [0.5, 0.6) is 0 Å². The number of nitrogens with one attached hydrogen (secondary N) is 1. The summed E-state index contributed by atoms with van der Waals surface area (Å²) in [6, 6.07) is 5.53. The average Bonchev–Trinajstić information content (AvgIpc) is 3.48. The van der Waals surface area contributed by atoms with E-state index in [0.717, 1.165) is 37.3 Å². The second-order valence-electron chi connectivity index (χ2n) is 6.65. The minimum atomic E-state index is 0.0235. The largest absolute Gasteiger partial charge is 0.458 e. The number of amides is 1. The van der Waals surface area contributed by atoms with Crippen molar-refractivity contribution in [3.8, 4) is 11.6 Å². The number of carbonyl (C=O) groups is 1. The standard InChI is InChI=1S/C17H17N5O2/c1-9-2-7-12(24-9)16-18-13(19-17(23)11-5-6-11)8-14-20-15(10-3-4-10)21-22(14)16/h2,7-8,10-11H,3-6H2,1H3,(H,19,23). The van der Waals surface area contributed by atoms with Gasteiger partial charge < -0.3 is 9.73 Å². The third-order valence-corrected chi connectivity index (χ3v) is 4.44. The molecule has 3 aromatic heterocycles. The van der Waals surface area contributed by atoms with E-state index in [1.807, 2.05) is 19.1 Å². The van der Waals surface area contributed by atoms with Gasteiger partial charge in [-0.2, -0.15) is 4.52 Å². The molecule has 0 spiro atoms. The summed E-state index contributed by atoms with van der Waals surface area (Å²) >= 11 is 0. The predicted octanol–water partition coefficient (Wildman–Crippen LogP) is 2.92. The zero-order chi connectivity index (χ0) is 16.3. The van der Waals surface area contributed by atoms with Crippen molar-refractivity contribution in [3.05, 3.63) is 29.8 Å². The Hall–Kier alpha value is -2.70. The molecule has 2 saturated carbocycles. The number of rotatable bonds is 4. The summed E-state index contributed by atoms with van der Waals surface area (Å²) in [5.41, 5.74) is 0.682. The number of anilines is 1. The fourth-order valence-electron chi connectivity index (χ4n) is 2.77. The summed E-state index contributed by atoms with van der Waals surface area (Å²) in [7, 11) is 0. The number of aryl methyl sites for hydroxylation is 1. The topological polar surface area (TPSA) is 85.3 Å². The molecule has 2 aliphatic rings. The Bertz CT molecular complexity index is 949. The highest BCUT2D eigenvalue weighted by Crippen LogP contribution is 2.38. The first-order valence-corrected chi connectivity index (χ1v) is 8.33. The zero-order valence-corrected chi connectivity index (χ0v) is 13.3. The van der Waals surface area contributed by atoms with Gasteiger partial charge in [0.2, 0.25) is 11.7 Å². The third-order valence-electron chi connectivity index (χ3n) is 4.44. The normalized spacial score (nSPS) is 17.4. The molecule has 1 N–H and O–H groups in total. The molecule has 0 aliphatic heterocycles. The summed E-state index contributed by atoms with van der Waals surface area (Å²) in [5, 5.41) is 7.49. The second kappa shape index (κ2) is 4.90. The maximum Gasteiger partial charge on any atom is 0.228 e. The molecule has 3 heterocycles. The van der Waals surface area contributed by atoms with Crippen LogP contribution in [0.15, 0.2) is 22.6 Å². The molecule has 0 unspecified atom stereocenters. The van der Waals surface area contributed by atoms with Crippen molar-refractivity contribution in [2.45, 2.75) is 38.5 Å². The Morgan fingerprint density at radius 3 is 2.75 bits per heavy atom. The van der Waals surface area contributed by atoms with Crippen LogP contribution in [0.25, 0.3) is 17.2 Å². The molecule has 5 rings (SSSR count). The molecule has 7 heteroatoms. The van der Waals surface area contributed by atoms with Crippen molar-refractivity contribution in [3.63, 3.8) is 0 Å². The first-order valence-electron chi connectivity index (χ1n) is 8.33. The number of fused-ring (bicyclic) bond motifs is 1. The summed E-state index contributed by atoms with van der Waals surface area (Å²) in [5.74, 6) is 3.91. The van der Waals surface area contributed by atoms with E-state index in [1.54, 1.807) is 10.6 Å². The Labute approximate surface area is 138 Å². The smallest absolute Gasteiger partial charge is 0.228 e. The maximum absolute atomic E-state index is 12.1. The lowest BCUT2D eigenvalue weighted by Gasteiger charge is -2.06. The zero-order valence-electron chi connectivity index (χ0n) is 13.3. The van der Waals surface area contributed by atoms with Crippen LogP contribution >= 0.6 is 0 Å². The number of nitrogens with zero attached hydrogens (tertiary/aromatic N) is 4. The van der Waals surface area contributed by atoms with E-state index in [1.165, 1.54) is 0 Å². The maximum atomic E-state index is 12.1. The van der Waals surface area contributed by atoms with E-state index in [9.17, 15) is 4.79 Å². The van der Waals surface area contributed by atoms with E-state index in [4.69, 9.17) is 4.42 Å². The van der Waals surface area contributed by atoms with Crippen LogP contribution in [0.2, 0.25) is 0 Å². The number of aromatic nitrogens is 4. The van der Waals surface area contributed by atoms with Gasteiger partial charge in [0.15, 0.2) is 17.2 Å². The molecule has 3 aromatic rings. The number of hydrogen-bond acceptors (Lipinski definition) is 5. The Morgan fingerprint density at radius 1 is 1.25 bits per heavy atom. The van der Waals surface area contributed by atoms with Gasteiger partial charge in [-0.3, -0.25) is 4.79 Å². The molecule has 2 aliphatic carbocycles. The van der Waals surface area contributed by atoms with Gasteiger partial charge in [-0.15, -0.1) is 5.10 Å². The van der Waals surface area contributed by atoms with Gasteiger partial charge in [0.1, 0.15) is 11.6 Å². The third kappa shape index (κ3) is 2.36. The molecule has 0 radical (unpaired) electrons. The monoisotopic (exact) mass is 323 g/mol. The van der Waals surface area contributed by atoms with Gasteiger partial charge in [0.05, 0.1) is 0 Å². The van der Waals surface area contributed by atoms with Crippen LogP contribution in [0.1, 0.15) is 43.2 Å². The lowest BCUT2D eigenvalue weighted by Crippen LogP contribution is -2.15. The van der Waals surface area contributed by atoms with Crippen LogP contribution in [-0.2, 0) is 4.79 Å². The van der Waals surface area contributed by atoms with Gasteiger partial charge in [-0.05, 0) is 44.7 Å². The predicted molar refractivity (Wildman–Crippen MR) is 86.5 cm³/mol. The first kappa shape index (κ1) is 13.7. The van der Waals surface area contributed by atoms with Gasteiger partial charge >= 0.3 is 0 Å². The molecule has 0 aromatic carbocycles. The summed E-state index contributed by atoms with van der Waals surface area (Å²) in [4.78, 5) is 21.2. The molecular weight excluding hydrogens is 306 g/mol. The molecule has 122 valence electrons. The summed E-state index contributed by atoms with van der Waals surface area (Å²) in [6.45, 7) is 1.89. The molecule has 7 nitrogen and oxygen atoms in total. The minimum absolute atomic E-state index is 0.0235. The Kier molecular flexibility index (Phi) is 2.80. The van der Waals surface area contributed by atoms with Gasteiger partial charge in [-0.25, -0.2) is 9.97 Å². The molecule has 24 heavy (non-hydrogen) atoms. The molecule has 0 saturated heterocycles. The fraction of sp³-hybridized carbons (Fsp3) is 0.412. The number of furan rings is 1. The molecule has 0 bridgehead atoms. The van der Waals surface area contributed by atoms with Crippen LogP contribution < -0.4 is 5.32 Å². The van der Waals surface area contributed by atoms with Crippen molar-refractivity contribution in [1.29, 1.82) is 0 Å². The van der Waals surface area contributed by atoms with Crippen molar-refractivity contribution in [1.82, 2.24) is 19.6 Å². The van der Waals surface area contributed by atoms with E-state index in [2.05, 4.69) is 20.4 Å². The fourth-order valence-corrected chi connectivity index (χ4v) is 2.77. The lowest BCUT2D eigenvalue weighted by molar-refractivity contribution is -0.117. The highest BCUT2D eigenvalue weighted by molar-refractivity contribution is 5.93. The van der Waals surface area contributed by atoms with Crippen LogP contribution in [-0.4, -0.2) is 25.5 Å². The SMILES string of the molecule is Cc1ccc(-c2nc(NC(=O)C3CC3)cc3nc(C4CC4)nn23)o1.